The summed E-state index contributed by atoms with van der Waals surface area (Å²) in [6.45, 7) is 3.09. The molecule has 4 aromatic rings. The molecule has 0 amide bonds. The van der Waals surface area contributed by atoms with E-state index in [1.54, 1.807) is 6.20 Å². The van der Waals surface area contributed by atoms with Gasteiger partial charge in [-0.2, -0.15) is 5.26 Å². The molecule has 2 heterocycles. The molecule has 0 aliphatic heterocycles. The second-order valence-corrected chi connectivity index (χ2v) is 5.92. The van der Waals surface area contributed by atoms with Crippen LogP contribution in [0.1, 0.15) is 18.2 Å². The van der Waals surface area contributed by atoms with Crippen LogP contribution in [-0.2, 0) is 6.54 Å². The Morgan fingerprint density at radius 1 is 1.04 bits per heavy atom. The van der Waals surface area contributed by atoms with Crippen LogP contribution in [0.15, 0.2) is 66.9 Å². The highest BCUT2D eigenvalue weighted by atomic mass is 15.0. The van der Waals surface area contributed by atoms with Crippen LogP contribution in [0, 0.1) is 11.3 Å². The van der Waals surface area contributed by atoms with Crippen molar-refractivity contribution in [2.24, 2.45) is 0 Å². The molecule has 0 saturated heterocycles. The van der Waals surface area contributed by atoms with Gasteiger partial charge in [-0.15, -0.1) is 0 Å². The van der Waals surface area contributed by atoms with Crippen molar-refractivity contribution in [3.8, 4) is 6.07 Å². The number of fused-ring (bicyclic) bond motifs is 3. The zero-order valence-corrected chi connectivity index (χ0v) is 14.0. The second-order valence-electron chi connectivity index (χ2n) is 5.92. The molecule has 0 aliphatic carbocycles. The van der Waals surface area contributed by atoms with Crippen LogP contribution in [0.5, 0.6) is 0 Å². The summed E-state index contributed by atoms with van der Waals surface area (Å²) in [6, 6.07) is 22.7. The Morgan fingerprint density at radius 3 is 2.60 bits per heavy atom. The third kappa shape index (κ3) is 2.58. The fourth-order valence-corrected chi connectivity index (χ4v) is 3.35. The van der Waals surface area contributed by atoms with Gasteiger partial charge in [0.2, 0.25) is 0 Å². The predicted molar refractivity (Wildman–Crippen MR) is 103 cm³/mol. The maximum atomic E-state index is 9.51. The summed E-state index contributed by atoms with van der Waals surface area (Å²) in [4.78, 5) is 4.28. The lowest BCUT2D eigenvalue weighted by Gasteiger charge is -2.03. The largest absolute Gasteiger partial charge is 0.341 e. The quantitative estimate of drug-likeness (QED) is 0.482. The Kier molecular flexibility index (Phi) is 3.80. The van der Waals surface area contributed by atoms with Crippen molar-refractivity contribution in [2.45, 2.75) is 13.5 Å². The van der Waals surface area contributed by atoms with Crippen molar-refractivity contribution in [1.82, 2.24) is 9.55 Å². The van der Waals surface area contributed by atoms with Gasteiger partial charge in [-0.05, 0) is 48.9 Å². The molecule has 2 aromatic carbocycles. The lowest BCUT2D eigenvalue weighted by atomic mass is 10.1. The molecule has 0 atom stereocenters. The summed E-state index contributed by atoms with van der Waals surface area (Å²) in [7, 11) is 0. The van der Waals surface area contributed by atoms with E-state index in [-0.39, 0.29) is 0 Å². The van der Waals surface area contributed by atoms with Crippen LogP contribution in [0.3, 0.4) is 0 Å². The van der Waals surface area contributed by atoms with Crippen molar-refractivity contribution in [3.63, 3.8) is 0 Å². The summed E-state index contributed by atoms with van der Waals surface area (Å²) in [5, 5.41) is 12.0. The van der Waals surface area contributed by atoms with Gasteiger partial charge < -0.3 is 4.57 Å². The van der Waals surface area contributed by atoms with Gasteiger partial charge in [0, 0.05) is 34.5 Å². The Labute approximate surface area is 146 Å². The maximum absolute atomic E-state index is 9.51. The molecule has 0 aliphatic rings. The van der Waals surface area contributed by atoms with Crippen molar-refractivity contribution in [1.29, 1.82) is 5.26 Å². The van der Waals surface area contributed by atoms with E-state index in [2.05, 4.69) is 65.0 Å². The Balaban J connectivity index is 1.91. The summed E-state index contributed by atoms with van der Waals surface area (Å²) in [6.07, 6.45) is 3.61. The Bertz CT molecular complexity index is 1130. The van der Waals surface area contributed by atoms with Crippen molar-refractivity contribution >= 4 is 33.5 Å². The van der Waals surface area contributed by atoms with Crippen LogP contribution in [-0.4, -0.2) is 9.55 Å². The minimum absolute atomic E-state index is 0.569. The van der Waals surface area contributed by atoms with Crippen LogP contribution in [0.4, 0.5) is 0 Å². The number of aryl methyl sites for hydroxylation is 1. The molecule has 0 bridgehead atoms. The number of nitriles is 1. The van der Waals surface area contributed by atoms with Crippen LogP contribution >= 0.6 is 0 Å². The first-order valence-electron chi connectivity index (χ1n) is 8.36. The first-order valence-corrected chi connectivity index (χ1v) is 8.36. The smallest absolute Gasteiger partial charge is 0.101 e. The van der Waals surface area contributed by atoms with E-state index in [4.69, 9.17) is 0 Å². The number of pyridine rings is 1. The molecule has 0 radical (unpaired) electrons. The third-order valence-electron chi connectivity index (χ3n) is 4.48. The van der Waals surface area contributed by atoms with Crippen LogP contribution in [0.25, 0.3) is 33.5 Å². The SMILES string of the molecule is CCn1c2ccccc2c2cc(/C=C(/C#N)c3ccccn3)ccc21. The molecule has 3 nitrogen and oxygen atoms in total. The summed E-state index contributed by atoms with van der Waals surface area (Å²) in [5.41, 5.74) is 4.73. The number of aromatic nitrogens is 2. The highest BCUT2D eigenvalue weighted by Gasteiger charge is 2.10. The lowest BCUT2D eigenvalue weighted by molar-refractivity contribution is 0.827. The van der Waals surface area contributed by atoms with Crippen molar-refractivity contribution in [2.75, 3.05) is 0 Å². The molecule has 4 rings (SSSR count). The first-order chi connectivity index (χ1) is 12.3. The average Bonchev–Trinajstić information content (AvgIpc) is 3.00. The monoisotopic (exact) mass is 323 g/mol. The van der Waals surface area contributed by atoms with Gasteiger partial charge in [-0.25, -0.2) is 0 Å². The molecular weight excluding hydrogens is 306 g/mol. The van der Waals surface area contributed by atoms with Gasteiger partial charge in [-0.3, -0.25) is 4.98 Å². The molecular formula is C22H17N3. The van der Waals surface area contributed by atoms with E-state index in [0.29, 0.717) is 11.3 Å². The summed E-state index contributed by atoms with van der Waals surface area (Å²) in [5.74, 6) is 0. The average molecular weight is 323 g/mol. The number of hydrogen-bond acceptors (Lipinski definition) is 2. The molecule has 3 heteroatoms. The number of para-hydroxylation sites is 1. The van der Waals surface area contributed by atoms with Gasteiger partial charge in [0.15, 0.2) is 0 Å². The highest BCUT2D eigenvalue weighted by Crippen LogP contribution is 2.30. The standard InChI is InChI=1S/C22H17N3/c1-2-25-21-9-4-3-7-18(21)19-14-16(10-11-22(19)25)13-17(15-23)20-8-5-6-12-24-20/h3-14H,2H2,1H3/b17-13-. The minimum atomic E-state index is 0.569. The molecule has 0 saturated carbocycles. The fourth-order valence-electron chi connectivity index (χ4n) is 3.35. The normalized spacial score (nSPS) is 11.8. The first kappa shape index (κ1) is 15.2. The zero-order valence-electron chi connectivity index (χ0n) is 14.0. The minimum Gasteiger partial charge on any atom is -0.341 e. The number of nitrogens with zero attached hydrogens (tertiary/aromatic N) is 3. The van der Waals surface area contributed by atoms with Crippen LogP contribution in [0.2, 0.25) is 0 Å². The van der Waals surface area contributed by atoms with Gasteiger partial charge in [-0.1, -0.05) is 30.3 Å². The summed E-state index contributed by atoms with van der Waals surface area (Å²) >= 11 is 0. The highest BCUT2D eigenvalue weighted by molar-refractivity contribution is 6.09. The fraction of sp³-hybridized carbons (Fsp3) is 0.0909. The van der Waals surface area contributed by atoms with Gasteiger partial charge >= 0.3 is 0 Å². The summed E-state index contributed by atoms with van der Waals surface area (Å²) < 4.78 is 2.32. The molecule has 25 heavy (non-hydrogen) atoms. The number of benzene rings is 2. The van der Waals surface area contributed by atoms with E-state index in [1.807, 2.05) is 24.3 Å². The zero-order chi connectivity index (χ0) is 17.2. The maximum Gasteiger partial charge on any atom is 0.101 e. The van der Waals surface area contributed by atoms with Crippen molar-refractivity contribution in [3.05, 3.63) is 78.1 Å². The van der Waals surface area contributed by atoms with Gasteiger partial charge in [0.1, 0.15) is 6.07 Å². The van der Waals surface area contributed by atoms with Gasteiger partial charge in [0.05, 0.1) is 11.3 Å². The number of rotatable bonds is 3. The van der Waals surface area contributed by atoms with E-state index in [0.717, 1.165) is 12.1 Å². The predicted octanol–water partition coefficient (Wildman–Crippen LogP) is 5.27. The topological polar surface area (TPSA) is 41.6 Å². The van der Waals surface area contributed by atoms with E-state index >= 15 is 0 Å². The Morgan fingerprint density at radius 2 is 1.84 bits per heavy atom. The van der Waals surface area contributed by atoms with Crippen LogP contribution < -0.4 is 0 Å². The van der Waals surface area contributed by atoms with Gasteiger partial charge in [0.25, 0.3) is 0 Å². The molecule has 120 valence electrons. The Hall–Kier alpha value is -3.38. The van der Waals surface area contributed by atoms with E-state index in [1.165, 1.54) is 21.8 Å². The lowest BCUT2D eigenvalue weighted by Crippen LogP contribution is -1.92. The molecule has 0 fully saturated rings. The number of hydrogen-bond donors (Lipinski definition) is 0. The third-order valence-corrected chi connectivity index (χ3v) is 4.48. The molecule has 2 aromatic heterocycles. The van der Waals surface area contributed by atoms with E-state index < -0.39 is 0 Å². The van der Waals surface area contributed by atoms with E-state index in [9.17, 15) is 5.26 Å². The second kappa shape index (κ2) is 6.26. The molecule has 0 N–H and O–H groups in total. The molecule has 0 spiro atoms. The number of allylic oxidation sites excluding steroid dienone is 1. The van der Waals surface area contributed by atoms with Crippen molar-refractivity contribution < 1.29 is 0 Å². The molecule has 0 unspecified atom stereocenters.